The quantitative estimate of drug-likeness (QED) is 0.764. The molecule has 0 bridgehead atoms. The Kier molecular flexibility index (Phi) is 2.68. The van der Waals surface area contributed by atoms with Crippen molar-refractivity contribution in [1.29, 1.82) is 0 Å². The molecule has 0 aliphatic heterocycles. The molecule has 1 aromatic carbocycles. The molecule has 0 spiro atoms. The van der Waals surface area contributed by atoms with Gasteiger partial charge in [0.15, 0.2) is 0 Å². The van der Waals surface area contributed by atoms with E-state index in [9.17, 15) is 0 Å². The zero-order chi connectivity index (χ0) is 9.97. The lowest BCUT2D eigenvalue weighted by molar-refractivity contribution is 0.538. The maximum absolute atomic E-state index is 5.59. The third kappa shape index (κ3) is 1.73. The minimum Gasteiger partial charge on any atom is -0.440 e. The van der Waals surface area contributed by atoms with Crippen molar-refractivity contribution in [2.75, 3.05) is 0 Å². The summed E-state index contributed by atoms with van der Waals surface area (Å²) in [7, 11) is 0. The minimum atomic E-state index is 0.692. The lowest BCUT2D eigenvalue weighted by Crippen LogP contribution is -1.77. The summed E-state index contributed by atoms with van der Waals surface area (Å²) >= 11 is 3.36. The fraction of sp³-hybridized carbons (Fsp3) is 0.182. The maximum Gasteiger partial charge on any atom is 0.226 e. The molecule has 1 aromatic heterocycles. The second-order valence-corrected chi connectivity index (χ2v) is 3.59. The van der Waals surface area contributed by atoms with Crippen LogP contribution in [0.2, 0.25) is 0 Å². The van der Waals surface area contributed by atoms with E-state index in [2.05, 4.69) is 20.9 Å². The van der Waals surface area contributed by atoms with Gasteiger partial charge >= 0.3 is 0 Å². The fourth-order valence-electron chi connectivity index (χ4n) is 1.26. The lowest BCUT2D eigenvalue weighted by atomic mass is 10.2. The van der Waals surface area contributed by atoms with Crippen LogP contribution >= 0.6 is 15.9 Å². The van der Waals surface area contributed by atoms with Gasteiger partial charge in [-0.25, -0.2) is 4.98 Å². The van der Waals surface area contributed by atoms with Crippen molar-refractivity contribution in [3.8, 4) is 11.5 Å². The summed E-state index contributed by atoms with van der Waals surface area (Å²) in [5, 5.41) is 0.707. The van der Waals surface area contributed by atoms with E-state index >= 15 is 0 Å². The maximum atomic E-state index is 5.59. The molecule has 2 nitrogen and oxygen atoms in total. The van der Waals surface area contributed by atoms with E-state index < -0.39 is 0 Å². The van der Waals surface area contributed by atoms with Gasteiger partial charge in [-0.2, -0.15) is 0 Å². The molecule has 0 saturated carbocycles. The molecule has 0 fully saturated rings. The van der Waals surface area contributed by atoms with Crippen LogP contribution in [0.4, 0.5) is 0 Å². The second-order valence-electron chi connectivity index (χ2n) is 3.03. The molecular formula is C11H10BrNO. The standard InChI is InChI=1S/C11H10BrNO/c1-8-10(7-12)14-11(13-8)9-5-3-2-4-6-9/h2-6H,7H2,1H3. The van der Waals surface area contributed by atoms with Crippen LogP contribution in [0.3, 0.4) is 0 Å². The largest absolute Gasteiger partial charge is 0.440 e. The van der Waals surface area contributed by atoms with Crippen LogP contribution in [0.1, 0.15) is 11.5 Å². The summed E-state index contributed by atoms with van der Waals surface area (Å²) in [6.45, 7) is 1.95. The van der Waals surface area contributed by atoms with Crippen molar-refractivity contribution in [2.24, 2.45) is 0 Å². The number of benzene rings is 1. The van der Waals surface area contributed by atoms with E-state index in [4.69, 9.17) is 4.42 Å². The molecule has 0 unspecified atom stereocenters. The summed E-state index contributed by atoms with van der Waals surface area (Å²) in [5.41, 5.74) is 1.96. The van der Waals surface area contributed by atoms with Gasteiger partial charge in [0.1, 0.15) is 5.76 Å². The molecule has 2 aromatic rings. The van der Waals surface area contributed by atoms with E-state index in [0.717, 1.165) is 17.0 Å². The van der Waals surface area contributed by atoms with Crippen molar-refractivity contribution in [3.63, 3.8) is 0 Å². The number of halogens is 1. The van der Waals surface area contributed by atoms with Crippen LogP contribution in [-0.2, 0) is 5.33 Å². The summed E-state index contributed by atoms with van der Waals surface area (Å²) in [6, 6.07) is 9.91. The van der Waals surface area contributed by atoms with E-state index in [1.54, 1.807) is 0 Å². The summed E-state index contributed by atoms with van der Waals surface area (Å²) in [5.74, 6) is 1.58. The molecule has 1 heterocycles. The Hall–Kier alpha value is -1.09. The van der Waals surface area contributed by atoms with Crippen LogP contribution < -0.4 is 0 Å². The number of aryl methyl sites for hydroxylation is 1. The highest BCUT2D eigenvalue weighted by Gasteiger charge is 2.09. The number of hydrogen-bond acceptors (Lipinski definition) is 2. The highest BCUT2D eigenvalue weighted by molar-refractivity contribution is 9.08. The average molecular weight is 252 g/mol. The third-order valence-electron chi connectivity index (χ3n) is 2.03. The SMILES string of the molecule is Cc1nc(-c2ccccc2)oc1CBr. The monoisotopic (exact) mass is 251 g/mol. The van der Waals surface area contributed by atoms with E-state index in [-0.39, 0.29) is 0 Å². The molecule has 0 saturated heterocycles. The fourth-order valence-corrected chi connectivity index (χ4v) is 1.78. The van der Waals surface area contributed by atoms with Crippen molar-refractivity contribution in [2.45, 2.75) is 12.3 Å². The first-order valence-electron chi connectivity index (χ1n) is 4.39. The average Bonchev–Trinajstić information content (AvgIpc) is 2.61. The van der Waals surface area contributed by atoms with Gasteiger partial charge in [-0.05, 0) is 19.1 Å². The molecule has 0 radical (unpaired) electrons. The minimum absolute atomic E-state index is 0.692. The lowest BCUT2D eigenvalue weighted by Gasteiger charge is -1.92. The van der Waals surface area contributed by atoms with Crippen molar-refractivity contribution in [1.82, 2.24) is 4.98 Å². The first-order valence-corrected chi connectivity index (χ1v) is 5.51. The van der Waals surface area contributed by atoms with Crippen LogP contribution in [0.15, 0.2) is 34.7 Å². The zero-order valence-electron chi connectivity index (χ0n) is 7.83. The van der Waals surface area contributed by atoms with Crippen LogP contribution in [0.5, 0.6) is 0 Å². The van der Waals surface area contributed by atoms with Gasteiger partial charge in [0.2, 0.25) is 5.89 Å². The van der Waals surface area contributed by atoms with E-state index in [1.807, 2.05) is 37.3 Å². The number of aromatic nitrogens is 1. The predicted molar refractivity (Wildman–Crippen MR) is 59.3 cm³/mol. The number of hydrogen-bond donors (Lipinski definition) is 0. The molecule has 0 atom stereocenters. The molecular weight excluding hydrogens is 242 g/mol. The van der Waals surface area contributed by atoms with Crippen LogP contribution in [-0.4, -0.2) is 4.98 Å². The number of alkyl halides is 1. The Morgan fingerprint density at radius 1 is 1.29 bits per heavy atom. The van der Waals surface area contributed by atoms with Gasteiger partial charge in [0.25, 0.3) is 0 Å². The van der Waals surface area contributed by atoms with Crippen LogP contribution in [0.25, 0.3) is 11.5 Å². The van der Waals surface area contributed by atoms with Crippen LogP contribution in [0, 0.1) is 6.92 Å². The summed E-state index contributed by atoms with van der Waals surface area (Å²) in [6.07, 6.45) is 0. The molecule has 0 amide bonds. The third-order valence-corrected chi connectivity index (χ3v) is 2.54. The normalized spacial score (nSPS) is 10.4. The molecule has 0 aliphatic carbocycles. The first-order chi connectivity index (χ1) is 6.81. The molecule has 2 rings (SSSR count). The molecule has 14 heavy (non-hydrogen) atoms. The van der Waals surface area contributed by atoms with E-state index in [0.29, 0.717) is 11.2 Å². The second kappa shape index (κ2) is 3.96. The van der Waals surface area contributed by atoms with Gasteiger partial charge < -0.3 is 4.42 Å². The highest BCUT2D eigenvalue weighted by atomic mass is 79.9. The topological polar surface area (TPSA) is 26.0 Å². The molecule has 0 aliphatic rings. The first kappa shape index (κ1) is 9.46. The number of nitrogens with zero attached hydrogens (tertiary/aromatic N) is 1. The molecule has 0 N–H and O–H groups in total. The Morgan fingerprint density at radius 3 is 2.57 bits per heavy atom. The Balaban J connectivity index is 2.43. The summed E-state index contributed by atoms with van der Waals surface area (Å²) < 4.78 is 5.59. The summed E-state index contributed by atoms with van der Waals surface area (Å²) in [4.78, 5) is 4.36. The predicted octanol–water partition coefficient (Wildman–Crippen LogP) is 3.54. The van der Waals surface area contributed by atoms with Gasteiger partial charge in [-0.15, -0.1) is 0 Å². The van der Waals surface area contributed by atoms with Gasteiger partial charge in [-0.1, -0.05) is 34.1 Å². The van der Waals surface area contributed by atoms with Gasteiger partial charge in [0, 0.05) is 5.56 Å². The molecule has 3 heteroatoms. The van der Waals surface area contributed by atoms with Crippen molar-refractivity contribution in [3.05, 3.63) is 41.8 Å². The highest BCUT2D eigenvalue weighted by Crippen LogP contribution is 2.22. The smallest absolute Gasteiger partial charge is 0.226 e. The van der Waals surface area contributed by atoms with Crippen molar-refractivity contribution < 1.29 is 4.42 Å². The van der Waals surface area contributed by atoms with Gasteiger partial charge in [-0.3, -0.25) is 0 Å². The van der Waals surface area contributed by atoms with Crippen molar-refractivity contribution >= 4 is 15.9 Å². The Bertz CT molecular complexity index is 422. The van der Waals surface area contributed by atoms with E-state index in [1.165, 1.54) is 0 Å². The Morgan fingerprint density at radius 2 is 2.00 bits per heavy atom. The zero-order valence-corrected chi connectivity index (χ0v) is 9.41. The number of oxazole rings is 1. The Labute approximate surface area is 91.1 Å². The number of rotatable bonds is 2. The van der Waals surface area contributed by atoms with Gasteiger partial charge in [0.05, 0.1) is 11.0 Å². The molecule has 72 valence electrons.